The van der Waals surface area contributed by atoms with E-state index in [1.54, 1.807) is 54.6 Å². The van der Waals surface area contributed by atoms with Crippen LogP contribution in [-0.2, 0) is 28.7 Å². The quantitative estimate of drug-likeness (QED) is 0.267. The van der Waals surface area contributed by atoms with Gasteiger partial charge in [0.25, 0.3) is 5.91 Å². The number of aliphatic carboxylic acids is 1. The lowest BCUT2D eigenvalue weighted by Crippen LogP contribution is -2.41. The predicted octanol–water partition coefficient (Wildman–Crippen LogP) is 6.82. The van der Waals surface area contributed by atoms with E-state index in [4.69, 9.17) is 16.7 Å². The fraction of sp³-hybridized carbons (Fsp3) is 0.344. The second-order valence-corrected chi connectivity index (χ2v) is 10.8. The first kappa shape index (κ1) is 31.1. The van der Waals surface area contributed by atoms with E-state index in [0.29, 0.717) is 41.1 Å². The van der Waals surface area contributed by atoms with Crippen LogP contribution in [0.15, 0.2) is 66.7 Å². The molecule has 10 heteroatoms. The molecule has 42 heavy (non-hydrogen) atoms. The van der Waals surface area contributed by atoms with Crippen molar-refractivity contribution in [1.29, 1.82) is 0 Å². The van der Waals surface area contributed by atoms with Crippen molar-refractivity contribution in [2.24, 2.45) is 0 Å². The third kappa shape index (κ3) is 7.31. The maximum Gasteiger partial charge on any atom is 0.416 e. The molecule has 3 aromatic rings. The molecule has 0 saturated heterocycles. The predicted molar refractivity (Wildman–Crippen MR) is 153 cm³/mol. The lowest BCUT2D eigenvalue weighted by molar-refractivity contribution is -0.141. The summed E-state index contributed by atoms with van der Waals surface area (Å²) in [5, 5.41) is 11.9. The number of halogens is 4. The van der Waals surface area contributed by atoms with Crippen LogP contribution in [0.25, 0.3) is 0 Å². The number of fused-ring (bicyclic) bond motifs is 1. The van der Waals surface area contributed by atoms with Crippen LogP contribution in [0.2, 0.25) is 5.02 Å². The first-order valence-corrected chi connectivity index (χ1v) is 14.2. The minimum absolute atomic E-state index is 0.00344. The van der Waals surface area contributed by atoms with E-state index >= 15 is 0 Å². The Morgan fingerprint density at radius 3 is 2.29 bits per heavy atom. The van der Waals surface area contributed by atoms with Crippen LogP contribution < -0.4 is 5.32 Å². The molecule has 0 aliphatic carbocycles. The number of benzene rings is 3. The zero-order valence-electron chi connectivity index (χ0n) is 23.1. The van der Waals surface area contributed by atoms with Gasteiger partial charge in [-0.05, 0) is 71.3 Å². The zero-order chi connectivity index (χ0) is 30.4. The topological polar surface area (TPSA) is 86.7 Å². The molecule has 4 rings (SSSR count). The van der Waals surface area contributed by atoms with Crippen molar-refractivity contribution in [3.05, 3.63) is 105 Å². The summed E-state index contributed by atoms with van der Waals surface area (Å²) in [4.78, 5) is 39.0. The highest BCUT2D eigenvalue weighted by atomic mass is 35.5. The summed E-state index contributed by atoms with van der Waals surface area (Å²) in [5.41, 5.74) is 1.86. The molecule has 6 nitrogen and oxygen atoms in total. The second-order valence-electron chi connectivity index (χ2n) is 10.4. The Morgan fingerprint density at radius 1 is 1.00 bits per heavy atom. The van der Waals surface area contributed by atoms with Crippen LogP contribution in [0.3, 0.4) is 0 Å². The van der Waals surface area contributed by atoms with Crippen molar-refractivity contribution in [2.45, 2.75) is 57.2 Å². The second kappa shape index (κ2) is 13.4. The Kier molecular flexibility index (Phi) is 9.93. The van der Waals surface area contributed by atoms with E-state index in [1.807, 2.05) is 6.92 Å². The fourth-order valence-corrected chi connectivity index (χ4v) is 5.68. The van der Waals surface area contributed by atoms with Crippen LogP contribution in [0.5, 0.6) is 0 Å². The molecule has 1 aliphatic rings. The van der Waals surface area contributed by atoms with Crippen LogP contribution in [0.4, 0.5) is 13.2 Å². The number of alkyl halides is 3. The highest BCUT2D eigenvalue weighted by molar-refractivity contribution is 6.30. The zero-order valence-corrected chi connectivity index (χ0v) is 23.8. The maximum atomic E-state index is 14.3. The third-order valence-corrected chi connectivity index (χ3v) is 7.86. The lowest BCUT2D eigenvalue weighted by atomic mass is 9.77. The van der Waals surface area contributed by atoms with Gasteiger partial charge in [-0.25, -0.2) is 0 Å². The summed E-state index contributed by atoms with van der Waals surface area (Å²) in [6.07, 6.45) is -3.05. The molecule has 3 aromatic carbocycles. The van der Waals surface area contributed by atoms with Crippen molar-refractivity contribution in [3.8, 4) is 0 Å². The van der Waals surface area contributed by atoms with E-state index in [0.717, 1.165) is 18.1 Å². The van der Waals surface area contributed by atoms with Gasteiger partial charge in [0, 0.05) is 30.2 Å². The molecule has 2 unspecified atom stereocenters. The largest absolute Gasteiger partial charge is 0.481 e. The van der Waals surface area contributed by atoms with E-state index in [2.05, 4.69) is 5.32 Å². The average molecular weight is 601 g/mol. The van der Waals surface area contributed by atoms with Crippen molar-refractivity contribution in [3.63, 3.8) is 0 Å². The lowest BCUT2D eigenvalue weighted by Gasteiger charge is -2.36. The van der Waals surface area contributed by atoms with Gasteiger partial charge in [-0.2, -0.15) is 13.2 Å². The summed E-state index contributed by atoms with van der Waals surface area (Å²) >= 11 is 6.15. The van der Waals surface area contributed by atoms with Crippen molar-refractivity contribution >= 4 is 29.4 Å². The summed E-state index contributed by atoms with van der Waals surface area (Å²) in [5.74, 6) is -2.72. The smallest absolute Gasteiger partial charge is 0.416 e. The molecule has 2 atom stereocenters. The Hall–Kier alpha value is -3.85. The molecule has 0 radical (unpaired) electrons. The van der Waals surface area contributed by atoms with Crippen molar-refractivity contribution < 1.29 is 32.7 Å². The van der Waals surface area contributed by atoms with Crippen LogP contribution in [0.1, 0.15) is 76.2 Å². The number of carbonyl (C=O) groups excluding carboxylic acids is 2. The SMILES string of the molecule is CCCC(c1ccc(C(=O)NCCC(=O)O)cc1)C(C(=O)N1CCc2cccc(C(F)(F)F)c2C1)c1ccc(Cl)cc1. The number of nitrogens with one attached hydrogen (secondary N) is 1. The number of amides is 2. The molecular weight excluding hydrogens is 569 g/mol. The minimum Gasteiger partial charge on any atom is -0.481 e. The Bertz CT molecular complexity index is 1430. The van der Waals surface area contributed by atoms with Gasteiger partial charge in [-0.3, -0.25) is 14.4 Å². The first-order chi connectivity index (χ1) is 20.0. The van der Waals surface area contributed by atoms with Crippen LogP contribution in [0, 0.1) is 0 Å². The number of nitrogens with zero attached hydrogens (tertiary/aromatic N) is 1. The Morgan fingerprint density at radius 2 is 1.67 bits per heavy atom. The molecule has 1 heterocycles. The van der Waals surface area contributed by atoms with Gasteiger partial charge in [0.15, 0.2) is 0 Å². The van der Waals surface area contributed by atoms with E-state index in [1.165, 1.54) is 11.0 Å². The standard InChI is InChI=1S/C32H32ClF3N2O4/c1-2-4-25(21-7-9-23(10-8-21)30(41)37-17-15-28(39)40)29(22-11-13-24(33)14-12-22)31(42)38-18-16-20-5-3-6-27(26(20)19-38)32(34,35)36/h3,5-14,25,29H,2,4,15-19H2,1H3,(H,37,41)(H,39,40). The van der Waals surface area contributed by atoms with Crippen LogP contribution in [-0.4, -0.2) is 40.9 Å². The molecule has 2 N–H and O–H groups in total. The Labute approximate surface area is 247 Å². The number of hydrogen-bond acceptors (Lipinski definition) is 3. The molecule has 1 aliphatic heterocycles. The molecule has 0 fully saturated rings. The molecule has 0 aromatic heterocycles. The number of carboxylic acids is 1. The molecule has 2 amide bonds. The molecular formula is C32H32ClF3N2O4. The Balaban J connectivity index is 1.67. The number of carbonyl (C=O) groups is 3. The molecule has 0 bridgehead atoms. The van der Waals surface area contributed by atoms with Crippen LogP contribution >= 0.6 is 11.6 Å². The van der Waals surface area contributed by atoms with E-state index in [9.17, 15) is 27.6 Å². The van der Waals surface area contributed by atoms with Gasteiger partial charge in [0.2, 0.25) is 5.91 Å². The normalized spacial score (nSPS) is 14.5. The van der Waals surface area contributed by atoms with Gasteiger partial charge in [0.1, 0.15) is 0 Å². The molecule has 0 spiro atoms. The first-order valence-electron chi connectivity index (χ1n) is 13.8. The number of hydrogen-bond donors (Lipinski definition) is 2. The molecule has 0 saturated carbocycles. The van der Waals surface area contributed by atoms with Gasteiger partial charge in [-0.15, -0.1) is 0 Å². The highest BCUT2D eigenvalue weighted by Gasteiger charge is 2.39. The van der Waals surface area contributed by atoms with E-state index in [-0.39, 0.29) is 36.9 Å². The fourth-order valence-electron chi connectivity index (χ4n) is 5.55. The van der Waals surface area contributed by atoms with Gasteiger partial charge < -0.3 is 15.3 Å². The summed E-state index contributed by atoms with van der Waals surface area (Å²) in [6, 6.07) is 17.9. The van der Waals surface area contributed by atoms with Gasteiger partial charge in [0.05, 0.1) is 17.9 Å². The number of rotatable bonds is 10. The van der Waals surface area contributed by atoms with Gasteiger partial charge in [-0.1, -0.05) is 61.3 Å². The molecule has 222 valence electrons. The highest BCUT2D eigenvalue weighted by Crippen LogP contribution is 2.41. The van der Waals surface area contributed by atoms with Gasteiger partial charge >= 0.3 is 12.1 Å². The monoisotopic (exact) mass is 600 g/mol. The van der Waals surface area contributed by atoms with E-state index < -0.39 is 29.5 Å². The van der Waals surface area contributed by atoms with Crippen molar-refractivity contribution in [2.75, 3.05) is 13.1 Å². The third-order valence-electron chi connectivity index (χ3n) is 7.61. The maximum absolute atomic E-state index is 14.3. The summed E-state index contributed by atoms with van der Waals surface area (Å²) in [6.45, 7) is 2.15. The van der Waals surface area contributed by atoms with Crippen molar-refractivity contribution in [1.82, 2.24) is 10.2 Å². The summed E-state index contributed by atoms with van der Waals surface area (Å²) < 4.78 is 41.5. The summed E-state index contributed by atoms with van der Waals surface area (Å²) in [7, 11) is 0. The minimum atomic E-state index is -4.53. The average Bonchev–Trinajstić information content (AvgIpc) is 2.96. The number of carboxylic acid groups (broad SMARTS) is 1.